The van der Waals surface area contributed by atoms with Gasteiger partial charge in [0.2, 0.25) is 0 Å². The summed E-state index contributed by atoms with van der Waals surface area (Å²) in [6.07, 6.45) is 3.20. The van der Waals surface area contributed by atoms with E-state index in [0.717, 1.165) is 0 Å². The van der Waals surface area contributed by atoms with E-state index in [1.165, 1.54) is 0 Å². The minimum Gasteiger partial charge on any atom is -0.351 e. The van der Waals surface area contributed by atoms with Gasteiger partial charge in [0.1, 0.15) is 5.52 Å². The maximum Gasteiger partial charge on any atom is 0.253 e. The minimum absolute atomic E-state index is 0.119. The number of aromatic nitrogens is 2. The number of carbonyl (C=O) groups is 1. The van der Waals surface area contributed by atoms with Gasteiger partial charge in [0.05, 0.1) is 11.1 Å². The highest BCUT2D eigenvalue weighted by Crippen LogP contribution is 2.15. The van der Waals surface area contributed by atoms with Crippen LogP contribution in [0.2, 0.25) is 0 Å². The van der Waals surface area contributed by atoms with Gasteiger partial charge in [-0.3, -0.25) is 14.8 Å². The SMILES string of the molecule is CC(C)(CN)CNC(=O)c1cccc2nccnc12. The average molecular weight is 258 g/mol. The molecule has 1 aromatic heterocycles. The van der Waals surface area contributed by atoms with Gasteiger partial charge in [-0.05, 0) is 24.1 Å². The number of amides is 1. The molecule has 1 heterocycles. The number of nitrogens with zero attached hydrogens (tertiary/aromatic N) is 2. The maximum atomic E-state index is 12.2. The molecular formula is C14H18N4O. The van der Waals surface area contributed by atoms with Crippen molar-refractivity contribution in [2.24, 2.45) is 11.1 Å². The molecule has 0 spiro atoms. The van der Waals surface area contributed by atoms with Gasteiger partial charge >= 0.3 is 0 Å². The lowest BCUT2D eigenvalue weighted by Crippen LogP contribution is -2.38. The highest BCUT2D eigenvalue weighted by Gasteiger charge is 2.18. The van der Waals surface area contributed by atoms with Gasteiger partial charge in [-0.2, -0.15) is 0 Å². The molecule has 100 valence electrons. The largest absolute Gasteiger partial charge is 0.351 e. The first-order chi connectivity index (χ1) is 9.03. The Labute approximate surface area is 112 Å². The summed E-state index contributed by atoms with van der Waals surface area (Å²) in [5.41, 5.74) is 7.40. The van der Waals surface area contributed by atoms with Crippen molar-refractivity contribution in [3.63, 3.8) is 0 Å². The Bertz CT molecular complexity index is 590. The first-order valence-corrected chi connectivity index (χ1v) is 6.21. The topological polar surface area (TPSA) is 80.9 Å². The lowest BCUT2D eigenvalue weighted by molar-refractivity contribution is 0.0939. The summed E-state index contributed by atoms with van der Waals surface area (Å²) < 4.78 is 0. The molecule has 0 aliphatic heterocycles. The van der Waals surface area contributed by atoms with E-state index in [2.05, 4.69) is 15.3 Å². The van der Waals surface area contributed by atoms with Crippen molar-refractivity contribution in [3.05, 3.63) is 36.2 Å². The second-order valence-corrected chi connectivity index (χ2v) is 5.28. The summed E-state index contributed by atoms with van der Waals surface area (Å²) >= 11 is 0. The molecule has 2 aromatic rings. The molecule has 1 amide bonds. The van der Waals surface area contributed by atoms with Gasteiger partial charge in [0.15, 0.2) is 0 Å². The van der Waals surface area contributed by atoms with Crippen LogP contribution >= 0.6 is 0 Å². The van der Waals surface area contributed by atoms with Crippen LogP contribution in [0.1, 0.15) is 24.2 Å². The van der Waals surface area contributed by atoms with Crippen LogP contribution in [0.25, 0.3) is 11.0 Å². The second kappa shape index (κ2) is 5.32. The third-order valence-corrected chi connectivity index (χ3v) is 3.02. The fourth-order valence-corrected chi connectivity index (χ4v) is 1.66. The van der Waals surface area contributed by atoms with Crippen LogP contribution in [0.5, 0.6) is 0 Å². The third-order valence-electron chi connectivity index (χ3n) is 3.02. The minimum atomic E-state index is -0.146. The molecule has 0 unspecified atom stereocenters. The normalized spacial score (nSPS) is 11.5. The van der Waals surface area contributed by atoms with E-state index >= 15 is 0 Å². The van der Waals surface area contributed by atoms with Crippen molar-refractivity contribution in [2.75, 3.05) is 13.1 Å². The van der Waals surface area contributed by atoms with Crippen molar-refractivity contribution < 1.29 is 4.79 Å². The van der Waals surface area contributed by atoms with E-state index < -0.39 is 0 Å². The van der Waals surface area contributed by atoms with Gasteiger partial charge in [-0.1, -0.05) is 19.9 Å². The fraction of sp³-hybridized carbons (Fsp3) is 0.357. The van der Waals surface area contributed by atoms with Crippen LogP contribution < -0.4 is 11.1 Å². The van der Waals surface area contributed by atoms with E-state index in [9.17, 15) is 4.79 Å². The monoisotopic (exact) mass is 258 g/mol. The van der Waals surface area contributed by atoms with Crippen LogP contribution in [-0.2, 0) is 0 Å². The van der Waals surface area contributed by atoms with Crippen LogP contribution in [0.3, 0.4) is 0 Å². The number of carbonyl (C=O) groups excluding carboxylic acids is 1. The smallest absolute Gasteiger partial charge is 0.253 e. The highest BCUT2D eigenvalue weighted by atomic mass is 16.1. The number of hydrogen-bond donors (Lipinski definition) is 2. The zero-order valence-corrected chi connectivity index (χ0v) is 11.2. The number of para-hydroxylation sites is 1. The van der Waals surface area contributed by atoms with Crippen molar-refractivity contribution in [1.82, 2.24) is 15.3 Å². The molecule has 5 nitrogen and oxygen atoms in total. The van der Waals surface area contributed by atoms with Crippen molar-refractivity contribution in [2.45, 2.75) is 13.8 Å². The van der Waals surface area contributed by atoms with Gasteiger partial charge in [0.25, 0.3) is 5.91 Å². The Kier molecular flexibility index (Phi) is 3.76. The molecule has 5 heteroatoms. The van der Waals surface area contributed by atoms with Crippen molar-refractivity contribution in [3.8, 4) is 0 Å². The van der Waals surface area contributed by atoms with Gasteiger partial charge < -0.3 is 11.1 Å². The van der Waals surface area contributed by atoms with E-state index in [-0.39, 0.29) is 11.3 Å². The maximum absolute atomic E-state index is 12.2. The van der Waals surface area contributed by atoms with Gasteiger partial charge in [0, 0.05) is 18.9 Å². The molecule has 0 saturated heterocycles. The molecule has 0 saturated carbocycles. The molecule has 2 rings (SSSR count). The summed E-state index contributed by atoms with van der Waals surface area (Å²) in [6.45, 7) is 5.06. The number of benzene rings is 1. The highest BCUT2D eigenvalue weighted by molar-refractivity contribution is 6.04. The third kappa shape index (κ3) is 3.06. The molecular weight excluding hydrogens is 240 g/mol. The summed E-state index contributed by atoms with van der Waals surface area (Å²) in [4.78, 5) is 20.6. The van der Waals surface area contributed by atoms with Crippen LogP contribution in [0.15, 0.2) is 30.6 Å². The molecule has 0 aliphatic carbocycles. The summed E-state index contributed by atoms with van der Waals surface area (Å²) in [6, 6.07) is 5.39. The Balaban J connectivity index is 2.23. The van der Waals surface area contributed by atoms with Crippen LogP contribution in [-0.4, -0.2) is 29.0 Å². The standard InChI is InChI=1S/C14H18N4O/c1-14(2,8-15)9-18-13(19)10-4-3-5-11-12(10)17-7-6-16-11/h3-7H,8-9,15H2,1-2H3,(H,18,19). The lowest BCUT2D eigenvalue weighted by Gasteiger charge is -2.22. The Morgan fingerprint density at radius 2 is 2.05 bits per heavy atom. The Morgan fingerprint density at radius 3 is 2.79 bits per heavy atom. The first-order valence-electron chi connectivity index (χ1n) is 6.21. The lowest BCUT2D eigenvalue weighted by atomic mass is 9.94. The Morgan fingerprint density at radius 1 is 1.32 bits per heavy atom. The molecule has 19 heavy (non-hydrogen) atoms. The van der Waals surface area contributed by atoms with E-state index in [1.807, 2.05) is 19.9 Å². The quantitative estimate of drug-likeness (QED) is 0.867. The number of rotatable bonds is 4. The summed E-state index contributed by atoms with van der Waals surface area (Å²) in [5.74, 6) is -0.146. The van der Waals surface area contributed by atoms with Gasteiger partial charge in [-0.25, -0.2) is 0 Å². The molecule has 0 bridgehead atoms. The number of hydrogen-bond acceptors (Lipinski definition) is 4. The van der Waals surface area contributed by atoms with E-state index in [1.54, 1.807) is 24.5 Å². The fourth-order valence-electron chi connectivity index (χ4n) is 1.66. The first kappa shape index (κ1) is 13.4. The Hall–Kier alpha value is -2.01. The number of fused-ring (bicyclic) bond motifs is 1. The molecule has 1 aromatic carbocycles. The summed E-state index contributed by atoms with van der Waals surface area (Å²) in [5, 5.41) is 2.90. The predicted molar refractivity (Wildman–Crippen MR) is 74.7 cm³/mol. The van der Waals surface area contributed by atoms with Gasteiger partial charge in [-0.15, -0.1) is 0 Å². The van der Waals surface area contributed by atoms with Crippen LogP contribution in [0.4, 0.5) is 0 Å². The predicted octanol–water partition coefficient (Wildman–Crippen LogP) is 1.34. The number of nitrogens with one attached hydrogen (secondary N) is 1. The van der Waals surface area contributed by atoms with E-state index in [0.29, 0.717) is 29.7 Å². The van der Waals surface area contributed by atoms with Crippen molar-refractivity contribution >= 4 is 16.9 Å². The van der Waals surface area contributed by atoms with Crippen LogP contribution in [0, 0.1) is 5.41 Å². The number of nitrogens with two attached hydrogens (primary N) is 1. The molecule has 0 radical (unpaired) electrons. The molecule has 0 aliphatic rings. The second-order valence-electron chi connectivity index (χ2n) is 5.28. The van der Waals surface area contributed by atoms with E-state index in [4.69, 9.17) is 5.73 Å². The zero-order valence-electron chi connectivity index (χ0n) is 11.2. The van der Waals surface area contributed by atoms with Crippen molar-refractivity contribution in [1.29, 1.82) is 0 Å². The summed E-state index contributed by atoms with van der Waals surface area (Å²) in [7, 11) is 0. The molecule has 3 N–H and O–H groups in total. The average Bonchev–Trinajstić information content (AvgIpc) is 2.44. The molecule has 0 fully saturated rings. The zero-order chi connectivity index (χ0) is 13.9. The molecule has 0 atom stereocenters.